The Hall–Kier alpha value is -3.76. The molecule has 10 heteroatoms. The zero-order valence-electron chi connectivity index (χ0n) is 27.8. The molecule has 4 heterocycles. The molecule has 47 heavy (non-hydrogen) atoms. The van der Waals surface area contributed by atoms with Crippen molar-refractivity contribution in [1.29, 1.82) is 0 Å². The second kappa shape index (κ2) is 13.4. The van der Waals surface area contributed by atoms with E-state index >= 15 is 0 Å². The maximum absolute atomic E-state index is 14.8. The van der Waals surface area contributed by atoms with Gasteiger partial charge in [0.05, 0.1) is 23.2 Å². The van der Waals surface area contributed by atoms with Gasteiger partial charge in [-0.05, 0) is 89.1 Å². The number of anilines is 3. The Bertz CT molecular complexity index is 1540. The minimum absolute atomic E-state index is 0.00982. The summed E-state index contributed by atoms with van der Waals surface area (Å²) in [5, 5.41) is 9.56. The van der Waals surface area contributed by atoms with Crippen LogP contribution in [0.3, 0.4) is 0 Å². The molecule has 2 saturated heterocycles. The number of amides is 3. The molecule has 0 aliphatic carbocycles. The summed E-state index contributed by atoms with van der Waals surface area (Å²) in [6.07, 6.45) is 9.25. The van der Waals surface area contributed by atoms with Gasteiger partial charge in [0.15, 0.2) is 0 Å². The first-order valence-electron chi connectivity index (χ1n) is 16.9. The lowest BCUT2D eigenvalue weighted by Crippen LogP contribution is -2.53. The Morgan fingerprint density at radius 3 is 2.06 bits per heavy atom. The molecular weight excluding hydrogens is 612 g/mol. The van der Waals surface area contributed by atoms with Crippen LogP contribution in [0.1, 0.15) is 40.5 Å². The smallest absolute Gasteiger partial charge is 0.251 e. The molecule has 1 N–H and O–H groups in total. The lowest BCUT2D eigenvalue weighted by molar-refractivity contribution is -0.139. The van der Waals surface area contributed by atoms with Gasteiger partial charge in [0.1, 0.15) is 11.8 Å². The highest BCUT2D eigenvalue weighted by atomic mass is 32.2. The minimum atomic E-state index is -0.926. The van der Waals surface area contributed by atoms with Crippen molar-refractivity contribution in [3.8, 4) is 5.75 Å². The molecule has 2 aromatic carbocycles. The zero-order chi connectivity index (χ0) is 33.3. The van der Waals surface area contributed by atoms with Gasteiger partial charge in [-0.3, -0.25) is 14.4 Å². The summed E-state index contributed by atoms with van der Waals surface area (Å²) in [4.78, 5) is 51.7. The molecule has 0 bridgehead atoms. The van der Waals surface area contributed by atoms with E-state index in [0.717, 1.165) is 35.9 Å². The highest BCUT2D eigenvalue weighted by Crippen LogP contribution is 2.65. The van der Waals surface area contributed by atoms with E-state index in [1.807, 2.05) is 74.5 Å². The number of rotatable bonds is 11. The fourth-order valence-electron chi connectivity index (χ4n) is 7.94. The first-order valence-corrected chi connectivity index (χ1v) is 17.7. The van der Waals surface area contributed by atoms with E-state index in [2.05, 4.69) is 30.9 Å². The van der Waals surface area contributed by atoms with Gasteiger partial charge in [-0.2, -0.15) is 0 Å². The Balaban J connectivity index is 1.39. The van der Waals surface area contributed by atoms with E-state index in [1.165, 1.54) is 0 Å². The maximum Gasteiger partial charge on any atom is 0.251 e. The number of benzene rings is 2. The Morgan fingerprint density at radius 2 is 1.45 bits per heavy atom. The van der Waals surface area contributed by atoms with Crippen LogP contribution in [0.2, 0.25) is 0 Å². The van der Waals surface area contributed by atoms with Crippen LogP contribution in [0.4, 0.5) is 17.1 Å². The average molecular weight is 659 g/mol. The van der Waals surface area contributed by atoms with Crippen molar-refractivity contribution in [2.24, 2.45) is 11.8 Å². The number of ether oxygens (including phenoxy) is 1. The Kier molecular flexibility index (Phi) is 9.45. The predicted octanol–water partition coefficient (Wildman–Crippen LogP) is 4.90. The number of aliphatic hydroxyl groups is 1. The molecule has 5 atom stereocenters. The summed E-state index contributed by atoms with van der Waals surface area (Å²) in [6, 6.07) is 14.8. The molecule has 2 aromatic rings. The fourth-order valence-corrected chi connectivity index (χ4v) is 10.1. The summed E-state index contributed by atoms with van der Waals surface area (Å²) >= 11 is 1.59. The molecule has 4 aliphatic rings. The van der Waals surface area contributed by atoms with E-state index in [4.69, 9.17) is 4.74 Å². The number of hydrogen-bond donors (Lipinski definition) is 1. The molecule has 0 radical (unpaired) electrons. The molecule has 1 spiro atoms. The molecule has 0 aromatic heterocycles. The third-order valence-electron chi connectivity index (χ3n) is 10.1. The van der Waals surface area contributed by atoms with Crippen LogP contribution >= 0.6 is 11.8 Å². The zero-order valence-corrected chi connectivity index (χ0v) is 28.6. The van der Waals surface area contributed by atoms with Gasteiger partial charge >= 0.3 is 0 Å². The second-order valence-corrected chi connectivity index (χ2v) is 14.6. The number of carbonyl (C=O) groups excluding carboxylic acids is 3. The first kappa shape index (κ1) is 33.2. The predicted molar refractivity (Wildman–Crippen MR) is 188 cm³/mol. The van der Waals surface area contributed by atoms with E-state index < -0.39 is 27.4 Å². The number of thioether (sulfide) groups is 1. The first-order chi connectivity index (χ1) is 22.7. The maximum atomic E-state index is 14.8. The number of unbranched alkanes of at least 4 members (excludes halogenated alkanes) is 1. The molecule has 3 amide bonds. The normalized spacial score (nSPS) is 28.2. The van der Waals surface area contributed by atoms with Crippen LogP contribution in [-0.2, 0) is 14.4 Å². The number of fused-ring (bicyclic) bond motifs is 2. The average Bonchev–Trinajstić information content (AvgIpc) is 3.33. The van der Waals surface area contributed by atoms with Crippen molar-refractivity contribution < 1.29 is 24.2 Å². The van der Waals surface area contributed by atoms with Crippen LogP contribution in [0, 0.1) is 11.8 Å². The summed E-state index contributed by atoms with van der Waals surface area (Å²) in [5.74, 6) is -1.08. The largest absolute Gasteiger partial charge is 0.494 e. The van der Waals surface area contributed by atoms with Crippen molar-refractivity contribution in [2.45, 2.75) is 56.1 Å². The fraction of sp³-hybridized carbons (Fsp3) is 0.486. The molecule has 0 saturated carbocycles. The standard InChI is InChI=1S/C37H46N4O5S/c1-5-38(6-2)26-12-14-27(15-13-26)40-24-11-21-37-31(34(44)41(22-8-9-25-42)32(37)35(40)45)30-33(43)39(23-10-20-36(30,4)47-37)28-16-18-29(19-17-28)46-7-3/h10-21,30-32,42H,5-9,22-25H2,1-4H3/t30-,31+,32?,36+,37+/m1/s1. The van der Waals surface area contributed by atoms with Crippen LogP contribution in [0.5, 0.6) is 5.75 Å². The van der Waals surface area contributed by atoms with Gasteiger partial charge in [0, 0.05) is 61.1 Å². The van der Waals surface area contributed by atoms with Crippen molar-refractivity contribution in [2.75, 3.05) is 60.6 Å². The number of aliphatic hydroxyl groups excluding tert-OH is 1. The summed E-state index contributed by atoms with van der Waals surface area (Å²) in [5.41, 5.74) is 2.61. The lowest BCUT2D eigenvalue weighted by atomic mass is 9.74. The van der Waals surface area contributed by atoms with E-state index in [9.17, 15) is 19.5 Å². The Morgan fingerprint density at radius 1 is 0.830 bits per heavy atom. The molecule has 250 valence electrons. The van der Waals surface area contributed by atoms with Gasteiger partial charge < -0.3 is 29.4 Å². The van der Waals surface area contributed by atoms with Crippen LogP contribution in [0.25, 0.3) is 0 Å². The molecule has 9 nitrogen and oxygen atoms in total. The summed E-state index contributed by atoms with van der Waals surface area (Å²) < 4.78 is 4.00. The SMILES string of the molecule is CCOc1ccc(N2CC=C[C@]3(C)S[C@]45C=CCN(c6ccc(N(CC)CC)cc6)C(=O)C4N(CCCCO)C(=O)[C@@H]5[C@@H]3C2=O)cc1. The van der Waals surface area contributed by atoms with E-state index in [1.54, 1.807) is 26.5 Å². The number of carbonyl (C=O) groups is 3. The number of hydrogen-bond acceptors (Lipinski definition) is 7. The van der Waals surface area contributed by atoms with Crippen LogP contribution < -0.4 is 19.4 Å². The van der Waals surface area contributed by atoms with Gasteiger partial charge in [0.2, 0.25) is 11.8 Å². The van der Waals surface area contributed by atoms with Crippen molar-refractivity contribution in [3.63, 3.8) is 0 Å². The van der Waals surface area contributed by atoms with Gasteiger partial charge in [-0.1, -0.05) is 24.3 Å². The van der Waals surface area contributed by atoms with Crippen molar-refractivity contribution >= 4 is 46.5 Å². The van der Waals surface area contributed by atoms with Crippen molar-refractivity contribution in [3.05, 3.63) is 72.8 Å². The highest BCUT2D eigenvalue weighted by molar-refractivity contribution is 8.02. The van der Waals surface area contributed by atoms with Crippen LogP contribution in [0.15, 0.2) is 72.8 Å². The van der Waals surface area contributed by atoms with E-state index in [-0.39, 0.29) is 24.3 Å². The quantitative estimate of drug-likeness (QED) is 0.271. The second-order valence-electron chi connectivity index (χ2n) is 12.8. The lowest BCUT2D eigenvalue weighted by Gasteiger charge is -2.37. The summed E-state index contributed by atoms with van der Waals surface area (Å²) in [6.45, 7) is 11.7. The van der Waals surface area contributed by atoms with Gasteiger partial charge in [-0.15, -0.1) is 11.8 Å². The molecule has 1 unspecified atom stereocenters. The number of likely N-dealkylation sites (tertiary alicyclic amines) is 1. The van der Waals surface area contributed by atoms with Gasteiger partial charge in [0.25, 0.3) is 5.91 Å². The molecule has 2 fully saturated rings. The van der Waals surface area contributed by atoms with Crippen LogP contribution in [-0.4, -0.2) is 89.2 Å². The molecular formula is C37H46N4O5S. The third kappa shape index (κ3) is 5.63. The number of nitrogens with zero attached hydrogens (tertiary/aromatic N) is 4. The van der Waals surface area contributed by atoms with Gasteiger partial charge in [-0.25, -0.2) is 0 Å². The monoisotopic (exact) mass is 658 g/mol. The summed E-state index contributed by atoms with van der Waals surface area (Å²) in [7, 11) is 0. The topological polar surface area (TPSA) is 93.6 Å². The highest BCUT2D eigenvalue weighted by Gasteiger charge is 2.74. The molecule has 6 rings (SSSR count). The minimum Gasteiger partial charge on any atom is -0.494 e. The van der Waals surface area contributed by atoms with Crippen molar-refractivity contribution in [1.82, 2.24) is 4.90 Å². The molecule has 4 aliphatic heterocycles. The third-order valence-corrected chi connectivity index (χ3v) is 11.9. The van der Waals surface area contributed by atoms with E-state index in [0.29, 0.717) is 39.1 Å². The Labute approximate surface area is 282 Å².